The highest BCUT2D eigenvalue weighted by Crippen LogP contribution is 2.15. The van der Waals surface area contributed by atoms with Crippen molar-refractivity contribution >= 4 is 17.4 Å². The van der Waals surface area contributed by atoms with Gasteiger partial charge in [0, 0.05) is 24.9 Å². The first-order valence-corrected chi connectivity index (χ1v) is 5.56. The van der Waals surface area contributed by atoms with Crippen molar-refractivity contribution in [3.8, 4) is 5.82 Å². The van der Waals surface area contributed by atoms with Gasteiger partial charge in [-0.25, -0.2) is 4.98 Å². The molecule has 3 aromatic rings. The van der Waals surface area contributed by atoms with Crippen molar-refractivity contribution in [3.05, 3.63) is 35.8 Å². The molecule has 0 aromatic carbocycles. The van der Waals surface area contributed by atoms with Crippen molar-refractivity contribution in [2.45, 2.75) is 13.3 Å². The third kappa shape index (κ3) is 1.57. The molecule has 3 aromatic heterocycles. The molecule has 3 rings (SSSR count). The molecular weight excluding hydrogens is 240 g/mol. The Morgan fingerprint density at radius 3 is 3.06 bits per heavy atom. The number of hydrogen-bond donors (Lipinski definition) is 0. The summed E-state index contributed by atoms with van der Waals surface area (Å²) in [4.78, 5) is 12.4. The molecule has 0 fully saturated rings. The summed E-state index contributed by atoms with van der Waals surface area (Å²) in [5.41, 5.74) is 0. The first-order valence-electron chi connectivity index (χ1n) is 5.18. The van der Waals surface area contributed by atoms with Crippen LogP contribution in [0.1, 0.15) is 12.7 Å². The predicted molar refractivity (Wildman–Crippen MR) is 62.3 cm³/mol. The van der Waals surface area contributed by atoms with Gasteiger partial charge in [0.15, 0.2) is 0 Å². The summed E-state index contributed by atoms with van der Waals surface area (Å²) in [5, 5.41) is 4.51. The van der Waals surface area contributed by atoms with Gasteiger partial charge in [0.05, 0.1) is 0 Å². The predicted octanol–water partition coefficient (Wildman–Crippen LogP) is 1.53. The zero-order chi connectivity index (χ0) is 11.8. The van der Waals surface area contributed by atoms with E-state index in [4.69, 9.17) is 11.6 Å². The SMILES string of the molecule is CCc1nccn1-c1cc(Cl)nc2ncnn12. The first-order chi connectivity index (χ1) is 8.29. The van der Waals surface area contributed by atoms with E-state index in [-0.39, 0.29) is 0 Å². The smallest absolute Gasteiger partial charge is 0.255 e. The van der Waals surface area contributed by atoms with Crippen molar-refractivity contribution < 1.29 is 0 Å². The van der Waals surface area contributed by atoms with Crippen LogP contribution in [0.2, 0.25) is 5.15 Å². The summed E-state index contributed by atoms with van der Waals surface area (Å²) in [6.07, 6.45) is 5.88. The number of fused-ring (bicyclic) bond motifs is 1. The lowest BCUT2D eigenvalue weighted by atomic mass is 10.4. The maximum absolute atomic E-state index is 5.97. The van der Waals surface area contributed by atoms with Crippen molar-refractivity contribution in [1.82, 2.24) is 29.1 Å². The number of rotatable bonds is 2. The van der Waals surface area contributed by atoms with Crippen LogP contribution >= 0.6 is 11.6 Å². The fourth-order valence-electron chi connectivity index (χ4n) is 1.74. The van der Waals surface area contributed by atoms with E-state index in [0.29, 0.717) is 10.9 Å². The second kappa shape index (κ2) is 3.81. The lowest BCUT2D eigenvalue weighted by Crippen LogP contribution is -2.07. The van der Waals surface area contributed by atoms with Crippen molar-refractivity contribution in [2.75, 3.05) is 0 Å². The summed E-state index contributed by atoms with van der Waals surface area (Å²) >= 11 is 5.97. The van der Waals surface area contributed by atoms with Gasteiger partial charge in [0.2, 0.25) is 0 Å². The number of nitrogens with zero attached hydrogens (tertiary/aromatic N) is 6. The van der Waals surface area contributed by atoms with E-state index in [2.05, 4.69) is 20.1 Å². The fourth-order valence-corrected chi connectivity index (χ4v) is 1.92. The molecule has 0 radical (unpaired) electrons. The molecule has 0 saturated heterocycles. The molecule has 86 valence electrons. The second-order valence-electron chi connectivity index (χ2n) is 3.48. The Morgan fingerprint density at radius 2 is 2.24 bits per heavy atom. The monoisotopic (exact) mass is 248 g/mol. The molecule has 0 bridgehead atoms. The number of hydrogen-bond acceptors (Lipinski definition) is 4. The number of aromatic nitrogens is 6. The van der Waals surface area contributed by atoms with Gasteiger partial charge in [0.25, 0.3) is 5.78 Å². The molecule has 17 heavy (non-hydrogen) atoms. The third-order valence-corrected chi connectivity index (χ3v) is 2.68. The number of aryl methyl sites for hydroxylation is 1. The Morgan fingerprint density at radius 1 is 1.35 bits per heavy atom. The van der Waals surface area contributed by atoms with Crippen LogP contribution in [0.4, 0.5) is 0 Å². The van der Waals surface area contributed by atoms with E-state index >= 15 is 0 Å². The van der Waals surface area contributed by atoms with Crippen LogP contribution < -0.4 is 0 Å². The summed E-state index contributed by atoms with van der Waals surface area (Å²) in [6.45, 7) is 2.04. The highest BCUT2D eigenvalue weighted by Gasteiger charge is 2.10. The molecule has 7 heteroatoms. The largest absolute Gasteiger partial charge is 0.288 e. The molecular formula is C10H9ClN6. The Bertz CT molecular complexity index is 670. The van der Waals surface area contributed by atoms with Crippen LogP contribution in [0.25, 0.3) is 11.6 Å². The van der Waals surface area contributed by atoms with Crippen molar-refractivity contribution in [3.63, 3.8) is 0 Å². The Labute approximate surface area is 102 Å². The lowest BCUT2D eigenvalue weighted by molar-refractivity contribution is 0.806. The molecule has 0 aliphatic heterocycles. The molecule has 0 N–H and O–H groups in total. The maximum atomic E-state index is 5.97. The van der Waals surface area contributed by atoms with Gasteiger partial charge < -0.3 is 0 Å². The van der Waals surface area contributed by atoms with Crippen molar-refractivity contribution in [2.24, 2.45) is 0 Å². The van der Waals surface area contributed by atoms with Gasteiger partial charge in [-0.3, -0.25) is 4.57 Å². The Balaban J connectivity index is 2.32. The Hall–Kier alpha value is -1.95. The zero-order valence-electron chi connectivity index (χ0n) is 9.08. The summed E-state index contributed by atoms with van der Waals surface area (Å²) in [7, 11) is 0. The standard InChI is InChI=1S/C10H9ClN6/c1-2-8-12-3-4-16(8)9-5-7(11)15-10-13-6-14-17(9)10/h3-6H,2H2,1H3. The summed E-state index contributed by atoms with van der Waals surface area (Å²) in [6, 6.07) is 1.74. The quantitative estimate of drug-likeness (QED) is 0.645. The lowest BCUT2D eigenvalue weighted by Gasteiger charge is -2.07. The summed E-state index contributed by atoms with van der Waals surface area (Å²) < 4.78 is 3.56. The minimum atomic E-state index is 0.385. The van der Waals surface area contributed by atoms with Crippen LogP contribution in [-0.4, -0.2) is 29.1 Å². The van der Waals surface area contributed by atoms with Crippen molar-refractivity contribution in [1.29, 1.82) is 0 Å². The molecule has 0 aliphatic carbocycles. The highest BCUT2D eigenvalue weighted by atomic mass is 35.5. The van der Waals surface area contributed by atoms with Crippen LogP contribution in [0.3, 0.4) is 0 Å². The fraction of sp³-hybridized carbons (Fsp3) is 0.200. The molecule has 0 atom stereocenters. The zero-order valence-corrected chi connectivity index (χ0v) is 9.83. The van der Waals surface area contributed by atoms with Gasteiger partial charge in [-0.05, 0) is 0 Å². The van der Waals surface area contributed by atoms with Crippen LogP contribution in [0.5, 0.6) is 0 Å². The average molecular weight is 249 g/mol. The van der Waals surface area contributed by atoms with E-state index in [1.54, 1.807) is 16.8 Å². The van der Waals surface area contributed by atoms with E-state index in [9.17, 15) is 0 Å². The molecule has 0 aliphatic rings. The van der Waals surface area contributed by atoms with Gasteiger partial charge in [-0.15, -0.1) is 0 Å². The highest BCUT2D eigenvalue weighted by molar-refractivity contribution is 6.29. The van der Waals surface area contributed by atoms with Crippen LogP contribution in [0, 0.1) is 0 Å². The molecule has 0 spiro atoms. The summed E-state index contributed by atoms with van der Waals surface area (Å²) in [5.74, 6) is 2.19. The molecule has 6 nitrogen and oxygen atoms in total. The molecule has 0 unspecified atom stereocenters. The third-order valence-electron chi connectivity index (χ3n) is 2.48. The Kier molecular flexibility index (Phi) is 2.29. The van der Waals surface area contributed by atoms with E-state index in [0.717, 1.165) is 18.1 Å². The number of imidazole rings is 1. The van der Waals surface area contributed by atoms with Gasteiger partial charge in [0.1, 0.15) is 23.1 Å². The van der Waals surface area contributed by atoms with E-state index in [1.165, 1.54) is 6.33 Å². The normalized spacial score (nSPS) is 11.2. The minimum Gasteiger partial charge on any atom is -0.288 e. The van der Waals surface area contributed by atoms with Crippen LogP contribution in [0.15, 0.2) is 24.8 Å². The molecule has 3 heterocycles. The minimum absolute atomic E-state index is 0.385. The van der Waals surface area contributed by atoms with Gasteiger partial charge in [-0.1, -0.05) is 18.5 Å². The molecule has 0 saturated carbocycles. The second-order valence-corrected chi connectivity index (χ2v) is 3.86. The van der Waals surface area contributed by atoms with E-state index < -0.39 is 0 Å². The van der Waals surface area contributed by atoms with E-state index in [1.807, 2.05) is 17.7 Å². The maximum Gasteiger partial charge on any atom is 0.255 e. The molecule has 0 amide bonds. The van der Waals surface area contributed by atoms with Gasteiger partial charge in [-0.2, -0.15) is 19.6 Å². The van der Waals surface area contributed by atoms with Crippen LogP contribution in [-0.2, 0) is 6.42 Å². The topological polar surface area (TPSA) is 60.9 Å². The first kappa shape index (κ1) is 10.2. The average Bonchev–Trinajstić information content (AvgIpc) is 2.95. The van der Waals surface area contributed by atoms with Gasteiger partial charge >= 0.3 is 0 Å². The number of halogens is 1.